The van der Waals surface area contributed by atoms with Gasteiger partial charge in [-0.3, -0.25) is 4.79 Å². The second-order valence-electron chi connectivity index (χ2n) is 13.2. The van der Waals surface area contributed by atoms with E-state index in [0.717, 1.165) is 54.5 Å². The van der Waals surface area contributed by atoms with Crippen LogP contribution in [0.1, 0.15) is 106 Å². The molecule has 1 saturated heterocycles. The van der Waals surface area contributed by atoms with Crippen LogP contribution in [0.25, 0.3) is 11.3 Å². The summed E-state index contributed by atoms with van der Waals surface area (Å²) in [5.74, 6) is 4.11. The number of rotatable bonds is 5. The third kappa shape index (κ3) is 4.86. The highest BCUT2D eigenvalue weighted by Crippen LogP contribution is 2.58. The summed E-state index contributed by atoms with van der Waals surface area (Å²) in [5.41, 5.74) is 7.47. The van der Waals surface area contributed by atoms with Crippen LogP contribution in [-0.4, -0.2) is 34.6 Å². The van der Waals surface area contributed by atoms with Gasteiger partial charge in [0.1, 0.15) is 5.75 Å². The van der Waals surface area contributed by atoms with Crippen molar-refractivity contribution in [1.82, 2.24) is 9.88 Å². The first kappa shape index (κ1) is 25.4. The maximum atomic E-state index is 13.5. The number of nitrogens with one attached hydrogen (secondary N) is 1. The second kappa shape index (κ2) is 9.70. The van der Waals surface area contributed by atoms with E-state index in [1.807, 2.05) is 11.8 Å². The van der Waals surface area contributed by atoms with Crippen LogP contribution in [0.2, 0.25) is 0 Å². The standard InChI is InChI=1S/C32H44N2O2S/c1-21-25(30(35)33-24-10-15-37-20-24)18-28(34(21)19-22-8-6-5-7-9-22)23-16-26(31(2,3)4)29-27(17-23)32(11-12-32)13-14-36-29/h16-18,22,24H,5-15,19-20H2,1-4H3,(H,33,35). The Labute approximate surface area is 227 Å². The van der Waals surface area contributed by atoms with Crippen molar-refractivity contribution in [2.75, 3.05) is 18.1 Å². The quantitative estimate of drug-likeness (QED) is 0.447. The van der Waals surface area contributed by atoms with Crippen molar-refractivity contribution in [2.45, 2.75) is 109 Å². The van der Waals surface area contributed by atoms with Crippen LogP contribution in [-0.2, 0) is 17.4 Å². The Hall–Kier alpha value is -1.88. The van der Waals surface area contributed by atoms with E-state index >= 15 is 0 Å². The van der Waals surface area contributed by atoms with Crippen LogP contribution < -0.4 is 10.1 Å². The molecule has 1 aromatic heterocycles. The van der Waals surface area contributed by atoms with Crippen LogP contribution in [0.5, 0.6) is 5.75 Å². The number of hydrogen-bond donors (Lipinski definition) is 1. The fourth-order valence-corrected chi connectivity index (χ4v) is 8.08. The fourth-order valence-electron chi connectivity index (χ4n) is 6.93. The summed E-state index contributed by atoms with van der Waals surface area (Å²) in [4.78, 5) is 13.5. The molecule has 3 heterocycles. The minimum atomic E-state index is -0.0102. The molecule has 1 spiro atoms. The molecule has 37 heavy (non-hydrogen) atoms. The van der Waals surface area contributed by atoms with E-state index in [-0.39, 0.29) is 11.3 Å². The molecule has 1 N–H and O–H groups in total. The minimum absolute atomic E-state index is 0.0102. The largest absolute Gasteiger partial charge is 0.493 e. The van der Waals surface area contributed by atoms with Crippen molar-refractivity contribution in [1.29, 1.82) is 0 Å². The van der Waals surface area contributed by atoms with Crippen LogP contribution in [0, 0.1) is 12.8 Å². The van der Waals surface area contributed by atoms with Gasteiger partial charge in [-0.2, -0.15) is 11.8 Å². The Balaban J connectivity index is 1.46. The molecule has 6 rings (SSSR count). The van der Waals surface area contributed by atoms with Crippen molar-refractivity contribution < 1.29 is 9.53 Å². The summed E-state index contributed by atoms with van der Waals surface area (Å²) in [6.07, 6.45) is 11.4. The number of aromatic nitrogens is 1. The summed E-state index contributed by atoms with van der Waals surface area (Å²) in [7, 11) is 0. The zero-order valence-electron chi connectivity index (χ0n) is 23.3. The Bertz CT molecular complexity index is 1160. The Morgan fingerprint density at radius 3 is 2.57 bits per heavy atom. The predicted octanol–water partition coefficient (Wildman–Crippen LogP) is 7.39. The van der Waals surface area contributed by atoms with E-state index < -0.39 is 0 Å². The normalized spacial score (nSPS) is 23.1. The monoisotopic (exact) mass is 520 g/mol. The molecule has 3 fully saturated rings. The van der Waals surface area contributed by atoms with Gasteiger partial charge >= 0.3 is 0 Å². The molecular weight excluding hydrogens is 476 g/mol. The molecule has 0 radical (unpaired) electrons. The van der Waals surface area contributed by atoms with Crippen molar-refractivity contribution in [2.24, 2.45) is 5.92 Å². The molecule has 0 bridgehead atoms. The van der Waals surface area contributed by atoms with Crippen molar-refractivity contribution in [3.63, 3.8) is 0 Å². The third-order valence-corrected chi connectivity index (χ3v) is 10.6. The van der Waals surface area contributed by atoms with Gasteiger partial charge in [0.05, 0.1) is 12.2 Å². The van der Waals surface area contributed by atoms with E-state index in [9.17, 15) is 4.79 Å². The molecule has 2 saturated carbocycles. The minimum Gasteiger partial charge on any atom is -0.493 e. The van der Waals surface area contributed by atoms with Gasteiger partial charge in [0.15, 0.2) is 0 Å². The van der Waals surface area contributed by atoms with E-state index in [0.29, 0.717) is 17.4 Å². The van der Waals surface area contributed by atoms with Crippen LogP contribution in [0.3, 0.4) is 0 Å². The molecule has 1 amide bonds. The number of ether oxygens (including phenoxy) is 1. The van der Waals surface area contributed by atoms with Gasteiger partial charge in [-0.15, -0.1) is 0 Å². The topological polar surface area (TPSA) is 43.3 Å². The van der Waals surface area contributed by atoms with Gasteiger partial charge in [0.25, 0.3) is 5.91 Å². The molecule has 1 unspecified atom stereocenters. The lowest BCUT2D eigenvalue weighted by Gasteiger charge is -2.33. The molecule has 1 aromatic carbocycles. The first-order valence-corrected chi connectivity index (χ1v) is 15.8. The summed E-state index contributed by atoms with van der Waals surface area (Å²) in [6.45, 7) is 10.9. The number of nitrogens with zero attached hydrogens (tertiary/aromatic N) is 1. The third-order valence-electron chi connectivity index (χ3n) is 9.49. The number of fused-ring (bicyclic) bond motifs is 2. The van der Waals surface area contributed by atoms with Gasteiger partial charge in [0.2, 0.25) is 0 Å². The van der Waals surface area contributed by atoms with E-state index in [4.69, 9.17) is 4.74 Å². The molecule has 200 valence electrons. The Kier molecular flexibility index (Phi) is 6.66. The van der Waals surface area contributed by atoms with Crippen molar-refractivity contribution in [3.8, 4) is 17.0 Å². The van der Waals surface area contributed by atoms with Crippen LogP contribution in [0.4, 0.5) is 0 Å². The predicted molar refractivity (Wildman–Crippen MR) is 154 cm³/mol. The van der Waals surface area contributed by atoms with E-state index in [2.05, 4.69) is 55.8 Å². The lowest BCUT2D eigenvalue weighted by atomic mass is 9.79. The Morgan fingerprint density at radius 1 is 1.11 bits per heavy atom. The van der Waals surface area contributed by atoms with E-state index in [1.165, 1.54) is 67.3 Å². The number of benzene rings is 1. The maximum Gasteiger partial charge on any atom is 0.253 e. The van der Waals surface area contributed by atoms with Gasteiger partial charge in [-0.05, 0) is 86.3 Å². The maximum absolute atomic E-state index is 13.5. The second-order valence-corrected chi connectivity index (χ2v) is 14.4. The Morgan fingerprint density at radius 2 is 1.89 bits per heavy atom. The molecule has 2 aliphatic carbocycles. The van der Waals surface area contributed by atoms with Gasteiger partial charge in [0, 0.05) is 46.3 Å². The molecule has 2 aliphatic heterocycles. The van der Waals surface area contributed by atoms with Crippen LogP contribution >= 0.6 is 11.8 Å². The molecule has 1 atom stereocenters. The fraction of sp³-hybridized carbons (Fsp3) is 0.656. The lowest BCUT2D eigenvalue weighted by molar-refractivity contribution is 0.0940. The highest BCUT2D eigenvalue weighted by molar-refractivity contribution is 7.99. The zero-order chi connectivity index (χ0) is 25.8. The highest BCUT2D eigenvalue weighted by Gasteiger charge is 2.49. The summed E-state index contributed by atoms with van der Waals surface area (Å²) >= 11 is 1.94. The molecule has 2 aromatic rings. The van der Waals surface area contributed by atoms with Gasteiger partial charge in [-0.25, -0.2) is 0 Å². The smallest absolute Gasteiger partial charge is 0.253 e. The number of carbonyl (C=O) groups excluding carboxylic acids is 1. The SMILES string of the molecule is Cc1c(C(=O)NC2CCSC2)cc(-c2cc(C(C)(C)C)c3c(c2)C2(CCO3)CC2)n1CC1CCCCC1. The van der Waals surface area contributed by atoms with E-state index in [1.54, 1.807) is 0 Å². The number of carbonyl (C=O) groups is 1. The molecular formula is C32H44N2O2S. The molecule has 5 heteroatoms. The number of thioether (sulfide) groups is 1. The summed E-state index contributed by atoms with van der Waals surface area (Å²) < 4.78 is 8.86. The van der Waals surface area contributed by atoms with Gasteiger partial charge < -0.3 is 14.6 Å². The number of amides is 1. The van der Waals surface area contributed by atoms with Crippen LogP contribution in [0.15, 0.2) is 18.2 Å². The molecule has 4 aliphatic rings. The number of hydrogen-bond acceptors (Lipinski definition) is 3. The first-order chi connectivity index (χ1) is 17.7. The lowest BCUT2D eigenvalue weighted by Crippen LogP contribution is -2.34. The highest BCUT2D eigenvalue weighted by atomic mass is 32.2. The molecule has 4 nitrogen and oxygen atoms in total. The first-order valence-electron chi connectivity index (χ1n) is 14.7. The summed E-state index contributed by atoms with van der Waals surface area (Å²) in [6, 6.07) is 7.30. The van der Waals surface area contributed by atoms with Crippen molar-refractivity contribution >= 4 is 17.7 Å². The van der Waals surface area contributed by atoms with Crippen molar-refractivity contribution in [3.05, 3.63) is 40.6 Å². The average Bonchev–Trinajstić information content (AvgIpc) is 3.30. The average molecular weight is 521 g/mol. The summed E-state index contributed by atoms with van der Waals surface area (Å²) in [5, 5.41) is 3.35. The van der Waals surface area contributed by atoms with Gasteiger partial charge in [-0.1, -0.05) is 40.0 Å². The zero-order valence-corrected chi connectivity index (χ0v) is 24.1.